The quantitative estimate of drug-likeness (QED) is 0.139. The molecule has 0 spiro atoms. The van der Waals surface area contributed by atoms with Crippen LogP contribution in [0.15, 0.2) is 261 Å². The summed E-state index contributed by atoms with van der Waals surface area (Å²) in [7, 11) is 0. The zero-order valence-electron chi connectivity index (χ0n) is 36.3. The van der Waals surface area contributed by atoms with Gasteiger partial charge < -0.3 is 0 Å². The second-order valence-corrected chi connectivity index (χ2v) is 17.0. The van der Waals surface area contributed by atoms with Gasteiger partial charge in [0.1, 0.15) is 0 Å². The van der Waals surface area contributed by atoms with Crippen LogP contribution in [0, 0.1) is 0 Å². The van der Waals surface area contributed by atoms with E-state index in [0.29, 0.717) is 0 Å². The van der Waals surface area contributed by atoms with Crippen molar-refractivity contribution < 1.29 is 0 Å². The van der Waals surface area contributed by atoms with E-state index in [-0.39, 0.29) is 0 Å². The third-order valence-electron chi connectivity index (χ3n) is 13.1. The molecule has 0 aliphatic heterocycles. The van der Waals surface area contributed by atoms with Crippen LogP contribution in [0.2, 0.25) is 0 Å². The Bertz CT molecular complexity index is 3670. The first-order valence-electron chi connectivity index (χ1n) is 22.7. The van der Waals surface area contributed by atoms with Crippen LogP contribution in [0.25, 0.3) is 121 Å². The molecular weight excluding hydrogens is 795 g/mol. The molecule has 0 aliphatic carbocycles. The molecule has 0 atom stereocenters. The lowest BCUT2D eigenvalue weighted by Crippen LogP contribution is -1.98. The number of hydrogen-bond donors (Lipinski definition) is 0. The third-order valence-corrected chi connectivity index (χ3v) is 13.1. The molecule has 0 N–H and O–H groups in total. The number of aromatic nitrogens is 1. The lowest BCUT2D eigenvalue weighted by atomic mass is 9.78. The molecule has 66 heavy (non-hydrogen) atoms. The third kappa shape index (κ3) is 6.95. The minimum Gasteiger partial charge on any atom is -0.256 e. The Balaban J connectivity index is 1.07. The van der Waals surface area contributed by atoms with Gasteiger partial charge in [-0.3, -0.25) is 4.98 Å². The number of benzene rings is 11. The molecule has 12 rings (SSSR count). The summed E-state index contributed by atoms with van der Waals surface area (Å²) >= 11 is 0. The average Bonchev–Trinajstić information content (AvgIpc) is 3.40. The number of fused-ring (bicyclic) bond motifs is 3. The normalized spacial score (nSPS) is 11.3. The van der Waals surface area contributed by atoms with Crippen LogP contribution in [0.3, 0.4) is 0 Å². The number of hydrogen-bond acceptors (Lipinski definition) is 1. The Hall–Kier alpha value is -8.65. The summed E-state index contributed by atoms with van der Waals surface area (Å²) in [5.41, 5.74) is 20.1. The SMILES string of the molecule is c1ccc(-c2cc(-c3cccc(-c4cccc(-c5c6ccccc6c(-c6ccc7cccnc7c6)c6ccccc56)c4)c3)c(-c3ccccc3)c(-c3ccccc3)c2-c2ccccc2)cc1. The molecule has 0 unspecified atom stereocenters. The summed E-state index contributed by atoms with van der Waals surface area (Å²) in [4.78, 5) is 4.73. The highest BCUT2D eigenvalue weighted by Gasteiger charge is 2.24. The summed E-state index contributed by atoms with van der Waals surface area (Å²) in [6.07, 6.45) is 1.88. The van der Waals surface area contributed by atoms with Gasteiger partial charge in [0.25, 0.3) is 0 Å². The van der Waals surface area contributed by atoms with Gasteiger partial charge in [0.05, 0.1) is 5.52 Å². The molecule has 308 valence electrons. The Kier molecular flexibility index (Phi) is 9.93. The minimum atomic E-state index is 0.998. The number of rotatable bonds is 8. The van der Waals surface area contributed by atoms with Gasteiger partial charge >= 0.3 is 0 Å². The fourth-order valence-electron chi connectivity index (χ4n) is 10.2. The van der Waals surface area contributed by atoms with Gasteiger partial charge in [-0.2, -0.15) is 0 Å². The largest absolute Gasteiger partial charge is 0.256 e. The standard InChI is InChI=1S/C65H43N/c1-5-20-44(21-6-1)58-43-59(64(47-24-9-3-10-25-47)65(48-26-11-4-12-27-48)63(58)46-22-7-2-8-23-46)51-30-17-28-49(40-51)50-29-18-31-52(41-50)61-54-33-13-15-35-56(54)62(57-36-16-14-34-55(57)61)53-38-37-45-32-19-39-66-60(45)42-53/h1-43H. The molecule has 0 radical (unpaired) electrons. The van der Waals surface area contributed by atoms with Crippen molar-refractivity contribution in [2.24, 2.45) is 0 Å². The van der Waals surface area contributed by atoms with Gasteiger partial charge in [-0.05, 0) is 141 Å². The molecule has 0 fully saturated rings. The maximum atomic E-state index is 4.73. The number of nitrogens with zero attached hydrogens (tertiary/aromatic N) is 1. The van der Waals surface area contributed by atoms with Crippen LogP contribution < -0.4 is 0 Å². The summed E-state index contributed by atoms with van der Waals surface area (Å²) in [6.45, 7) is 0. The maximum absolute atomic E-state index is 4.73. The first kappa shape index (κ1) is 39.0. The van der Waals surface area contributed by atoms with E-state index in [9.17, 15) is 0 Å². The van der Waals surface area contributed by atoms with Crippen LogP contribution in [0.1, 0.15) is 0 Å². The van der Waals surface area contributed by atoms with E-state index in [1.54, 1.807) is 0 Å². The van der Waals surface area contributed by atoms with Gasteiger partial charge in [0.2, 0.25) is 0 Å². The van der Waals surface area contributed by atoms with Gasteiger partial charge in [-0.25, -0.2) is 0 Å². The van der Waals surface area contributed by atoms with Crippen molar-refractivity contribution in [3.63, 3.8) is 0 Å². The van der Waals surface area contributed by atoms with Crippen LogP contribution in [-0.2, 0) is 0 Å². The van der Waals surface area contributed by atoms with Crippen molar-refractivity contribution in [3.05, 3.63) is 261 Å². The van der Waals surface area contributed by atoms with Gasteiger partial charge in [-0.15, -0.1) is 0 Å². The Labute approximate surface area is 385 Å². The molecule has 1 nitrogen and oxygen atoms in total. The Morgan fingerprint density at radius 2 is 0.606 bits per heavy atom. The second-order valence-electron chi connectivity index (χ2n) is 17.0. The summed E-state index contributed by atoms with van der Waals surface area (Å²) < 4.78 is 0. The highest BCUT2D eigenvalue weighted by molar-refractivity contribution is 6.22. The molecule has 1 heterocycles. The van der Waals surface area contributed by atoms with Crippen LogP contribution in [-0.4, -0.2) is 4.98 Å². The Morgan fingerprint density at radius 1 is 0.212 bits per heavy atom. The highest BCUT2D eigenvalue weighted by atomic mass is 14.6. The van der Waals surface area contributed by atoms with Crippen molar-refractivity contribution in [3.8, 4) is 89.0 Å². The predicted molar refractivity (Wildman–Crippen MR) is 280 cm³/mol. The minimum absolute atomic E-state index is 0.998. The molecule has 0 amide bonds. The van der Waals surface area contributed by atoms with E-state index in [1.165, 1.54) is 99.4 Å². The maximum Gasteiger partial charge on any atom is 0.0708 e. The first-order valence-corrected chi connectivity index (χ1v) is 22.7. The highest BCUT2D eigenvalue weighted by Crippen LogP contribution is 2.51. The van der Waals surface area contributed by atoms with Crippen LogP contribution >= 0.6 is 0 Å². The van der Waals surface area contributed by atoms with Gasteiger partial charge in [0, 0.05) is 11.6 Å². The van der Waals surface area contributed by atoms with Crippen molar-refractivity contribution in [2.45, 2.75) is 0 Å². The fraction of sp³-hybridized carbons (Fsp3) is 0. The van der Waals surface area contributed by atoms with Crippen molar-refractivity contribution in [1.82, 2.24) is 4.98 Å². The zero-order chi connectivity index (χ0) is 43.8. The van der Waals surface area contributed by atoms with Crippen LogP contribution in [0.5, 0.6) is 0 Å². The summed E-state index contributed by atoms with van der Waals surface area (Å²) in [5.74, 6) is 0. The number of pyridine rings is 1. The molecule has 0 saturated carbocycles. The molecule has 0 bridgehead atoms. The topological polar surface area (TPSA) is 12.9 Å². The predicted octanol–water partition coefficient (Wildman–Crippen LogP) is 17.9. The van der Waals surface area contributed by atoms with E-state index in [1.807, 2.05) is 12.3 Å². The van der Waals surface area contributed by atoms with E-state index in [4.69, 9.17) is 4.98 Å². The molecule has 12 aromatic rings. The van der Waals surface area contributed by atoms with Crippen molar-refractivity contribution in [2.75, 3.05) is 0 Å². The van der Waals surface area contributed by atoms with Gasteiger partial charge in [0.15, 0.2) is 0 Å². The van der Waals surface area contributed by atoms with Crippen LogP contribution in [0.4, 0.5) is 0 Å². The molecular formula is C65H43N. The zero-order valence-corrected chi connectivity index (χ0v) is 36.3. The lowest BCUT2D eigenvalue weighted by Gasteiger charge is -2.24. The summed E-state index contributed by atoms with van der Waals surface area (Å²) in [5, 5.41) is 6.05. The second kappa shape index (κ2) is 16.8. The Morgan fingerprint density at radius 3 is 1.14 bits per heavy atom. The fourth-order valence-corrected chi connectivity index (χ4v) is 10.2. The van der Waals surface area contributed by atoms with E-state index >= 15 is 0 Å². The first-order chi connectivity index (χ1) is 32.8. The smallest absolute Gasteiger partial charge is 0.0708 e. The monoisotopic (exact) mass is 837 g/mol. The summed E-state index contributed by atoms with van der Waals surface area (Å²) in [6, 6.07) is 92.9. The van der Waals surface area contributed by atoms with E-state index in [0.717, 1.165) is 22.0 Å². The van der Waals surface area contributed by atoms with E-state index in [2.05, 4.69) is 249 Å². The molecule has 11 aromatic carbocycles. The molecule has 0 saturated heterocycles. The van der Waals surface area contributed by atoms with Gasteiger partial charge in [-0.1, -0.05) is 224 Å². The molecule has 0 aliphatic rings. The van der Waals surface area contributed by atoms with E-state index < -0.39 is 0 Å². The van der Waals surface area contributed by atoms with Crippen molar-refractivity contribution >= 4 is 32.4 Å². The molecule has 1 heteroatoms. The average molecular weight is 838 g/mol. The van der Waals surface area contributed by atoms with Crippen molar-refractivity contribution in [1.29, 1.82) is 0 Å². The lowest BCUT2D eigenvalue weighted by molar-refractivity contribution is 1.41. The molecule has 1 aromatic heterocycles.